The molecule has 0 radical (unpaired) electrons. The zero-order valence-electron chi connectivity index (χ0n) is 9.74. The molecule has 0 heterocycles. The summed E-state index contributed by atoms with van der Waals surface area (Å²) < 4.78 is 0. The van der Waals surface area contributed by atoms with E-state index in [1.54, 1.807) is 0 Å². The molecule has 0 fully saturated rings. The molecule has 0 N–H and O–H groups in total. The Morgan fingerprint density at radius 2 is 1.40 bits per heavy atom. The zero-order valence-corrected chi connectivity index (χ0v) is 11.7. The molecule has 0 saturated heterocycles. The van der Waals surface area contributed by atoms with Crippen LogP contribution in [0, 0.1) is 11.8 Å². The second-order valence-electron chi connectivity index (χ2n) is 4.68. The highest BCUT2D eigenvalue weighted by Crippen LogP contribution is 2.41. The fraction of sp³-hybridized carbons (Fsp3) is 0.692. The molecule has 0 bridgehead atoms. The van der Waals surface area contributed by atoms with E-state index in [0.717, 1.165) is 40.3 Å². The molecule has 0 aromatic rings. The van der Waals surface area contributed by atoms with Crippen LogP contribution in [0.4, 0.5) is 0 Å². The molecule has 2 aliphatic carbocycles. The second kappa shape index (κ2) is 5.60. The molecule has 0 nitrogen and oxygen atoms in total. The SMILES string of the molecule is CPC1CC=C[C@@H]1C[C@@H]1C=CCC1PC. The van der Waals surface area contributed by atoms with E-state index in [0.29, 0.717) is 0 Å². The van der Waals surface area contributed by atoms with E-state index in [1.807, 2.05) is 0 Å². The van der Waals surface area contributed by atoms with Crippen molar-refractivity contribution in [2.75, 3.05) is 13.3 Å². The van der Waals surface area contributed by atoms with Crippen LogP contribution in [0.15, 0.2) is 24.3 Å². The van der Waals surface area contributed by atoms with Gasteiger partial charge in [-0.05, 0) is 55.7 Å². The van der Waals surface area contributed by atoms with Crippen molar-refractivity contribution in [1.82, 2.24) is 0 Å². The fourth-order valence-corrected chi connectivity index (χ4v) is 4.98. The maximum atomic E-state index is 2.49. The van der Waals surface area contributed by atoms with E-state index in [-0.39, 0.29) is 0 Å². The molecule has 2 heteroatoms. The summed E-state index contributed by atoms with van der Waals surface area (Å²) in [5.74, 6) is 1.78. The van der Waals surface area contributed by atoms with E-state index < -0.39 is 0 Å². The average molecular weight is 240 g/mol. The molecule has 84 valence electrons. The maximum absolute atomic E-state index is 2.49. The Morgan fingerprint density at radius 1 is 0.933 bits per heavy atom. The van der Waals surface area contributed by atoms with Crippen molar-refractivity contribution in [2.24, 2.45) is 11.8 Å². The normalized spacial score (nSPS) is 40.7. The van der Waals surface area contributed by atoms with Crippen LogP contribution in [0.2, 0.25) is 0 Å². The van der Waals surface area contributed by atoms with Gasteiger partial charge in [0.25, 0.3) is 0 Å². The van der Waals surface area contributed by atoms with E-state index >= 15 is 0 Å². The summed E-state index contributed by atoms with van der Waals surface area (Å²) in [5.41, 5.74) is 1.94. The summed E-state index contributed by atoms with van der Waals surface area (Å²) in [7, 11) is 2.25. The van der Waals surface area contributed by atoms with Crippen molar-refractivity contribution in [2.45, 2.75) is 30.6 Å². The minimum Gasteiger partial charge on any atom is -0.121 e. The van der Waals surface area contributed by atoms with Crippen molar-refractivity contribution in [3.63, 3.8) is 0 Å². The Hall–Kier alpha value is 0.340. The molecule has 6 atom stereocenters. The van der Waals surface area contributed by atoms with Crippen LogP contribution in [0.3, 0.4) is 0 Å². The Morgan fingerprint density at radius 3 is 1.80 bits per heavy atom. The summed E-state index contributed by atoms with van der Waals surface area (Å²) in [5, 5.41) is 0. The molecule has 0 saturated carbocycles. The molecule has 2 aliphatic rings. The van der Waals surface area contributed by atoms with Crippen LogP contribution in [-0.4, -0.2) is 24.6 Å². The predicted octanol–water partition coefficient (Wildman–Crippen LogP) is 3.88. The van der Waals surface area contributed by atoms with Crippen LogP contribution in [0.5, 0.6) is 0 Å². The first-order valence-electron chi connectivity index (χ1n) is 6.03. The van der Waals surface area contributed by atoms with Gasteiger partial charge in [-0.3, -0.25) is 0 Å². The van der Waals surface area contributed by atoms with Crippen LogP contribution in [0.1, 0.15) is 19.3 Å². The van der Waals surface area contributed by atoms with E-state index in [1.165, 1.54) is 19.3 Å². The first-order valence-corrected chi connectivity index (χ1v) is 9.18. The van der Waals surface area contributed by atoms with Crippen LogP contribution in [-0.2, 0) is 0 Å². The van der Waals surface area contributed by atoms with Crippen LogP contribution >= 0.6 is 17.2 Å². The molecule has 2 rings (SSSR count). The first kappa shape index (κ1) is 11.8. The molecule has 0 amide bonds. The fourth-order valence-electron chi connectivity index (χ4n) is 2.88. The molecule has 0 aliphatic heterocycles. The van der Waals surface area contributed by atoms with E-state index in [2.05, 4.69) is 37.6 Å². The lowest BCUT2D eigenvalue weighted by molar-refractivity contribution is 0.483. The van der Waals surface area contributed by atoms with Gasteiger partial charge in [-0.2, -0.15) is 0 Å². The Labute approximate surface area is 97.6 Å². The molecule has 15 heavy (non-hydrogen) atoms. The van der Waals surface area contributed by atoms with Gasteiger partial charge in [0.15, 0.2) is 0 Å². The van der Waals surface area contributed by atoms with Gasteiger partial charge in [0.2, 0.25) is 0 Å². The maximum Gasteiger partial charge on any atom is -0.0141 e. The molecule has 0 spiro atoms. The number of hydrogen-bond acceptors (Lipinski definition) is 0. The van der Waals surface area contributed by atoms with Gasteiger partial charge in [0.05, 0.1) is 0 Å². The zero-order chi connectivity index (χ0) is 10.7. The lowest BCUT2D eigenvalue weighted by atomic mass is 9.93. The summed E-state index contributed by atoms with van der Waals surface area (Å²) in [4.78, 5) is 0. The van der Waals surface area contributed by atoms with Gasteiger partial charge in [-0.15, -0.1) is 17.2 Å². The highest BCUT2D eigenvalue weighted by atomic mass is 31.1. The lowest BCUT2D eigenvalue weighted by Gasteiger charge is -2.24. The quantitative estimate of drug-likeness (QED) is 0.516. The molecule has 0 aromatic carbocycles. The molecular weight excluding hydrogens is 218 g/mol. The predicted molar refractivity (Wildman–Crippen MR) is 75.2 cm³/mol. The standard InChI is InChI=1S/C13H22P2/c1-14-12-7-3-5-10(12)9-11-6-4-8-13(11)15-2/h3-6,10-15H,7-9H2,1-2H3/t10-,11+,12?,13?. The number of allylic oxidation sites excluding steroid dienone is 4. The molecular formula is C13H22P2. The Bertz CT molecular complexity index is 231. The molecule has 0 aromatic heterocycles. The third-order valence-corrected chi connectivity index (χ3v) is 6.68. The second-order valence-corrected chi connectivity index (χ2v) is 7.32. The van der Waals surface area contributed by atoms with Gasteiger partial charge >= 0.3 is 0 Å². The summed E-state index contributed by atoms with van der Waals surface area (Å²) >= 11 is 0. The third-order valence-electron chi connectivity index (χ3n) is 3.87. The van der Waals surface area contributed by atoms with E-state index in [4.69, 9.17) is 0 Å². The smallest absolute Gasteiger partial charge is 0.0141 e. The van der Waals surface area contributed by atoms with Gasteiger partial charge in [0, 0.05) is 0 Å². The summed E-state index contributed by atoms with van der Waals surface area (Å²) in [6.07, 6.45) is 13.9. The van der Waals surface area contributed by atoms with Crippen molar-refractivity contribution in [3.8, 4) is 0 Å². The molecule has 4 unspecified atom stereocenters. The van der Waals surface area contributed by atoms with Crippen molar-refractivity contribution >= 4 is 17.2 Å². The number of rotatable bonds is 4. The van der Waals surface area contributed by atoms with Crippen molar-refractivity contribution in [1.29, 1.82) is 0 Å². The van der Waals surface area contributed by atoms with Gasteiger partial charge < -0.3 is 0 Å². The largest absolute Gasteiger partial charge is 0.121 e. The van der Waals surface area contributed by atoms with Crippen molar-refractivity contribution in [3.05, 3.63) is 24.3 Å². The highest BCUT2D eigenvalue weighted by Gasteiger charge is 2.28. The Kier molecular flexibility index (Phi) is 4.41. The van der Waals surface area contributed by atoms with Crippen LogP contribution in [0.25, 0.3) is 0 Å². The van der Waals surface area contributed by atoms with Gasteiger partial charge in [-0.1, -0.05) is 24.3 Å². The van der Waals surface area contributed by atoms with Gasteiger partial charge in [0.1, 0.15) is 0 Å². The minimum atomic E-state index is 0.889. The monoisotopic (exact) mass is 240 g/mol. The number of hydrogen-bond donors (Lipinski definition) is 0. The first-order chi connectivity index (χ1) is 7.35. The lowest BCUT2D eigenvalue weighted by Crippen LogP contribution is -2.17. The van der Waals surface area contributed by atoms with Crippen LogP contribution < -0.4 is 0 Å². The summed E-state index contributed by atoms with van der Waals surface area (Å²) in [6, 6.07) is 0. The summed E-state index contributed by atoms with van der Waals surface area (Å²) in [6.45, 7) is 4.74. The average Bonchev–Trinajstić information content (AvgIpc) is 2.87. The topological polar surface area (TPSA) is 0 Å². The van der Waals surface area contributed by atoms with Crippen molar-refractivity contribution < 1.29 is 0 Å². The third kappa shape index (κ3) is 2.72. The minimum absolute atomic E-state index is 0.889. The highest BCUT2D eigenvalue weighted by molar-refractivity contribution is 7.38. The van der Waals surface area contributed by atoms with E-state index in [9.17, 15) is 0 Å². The van der Waals surface area contributed by atoms with Gasteiger partial charge in [-0.25, -0.2) is 0 Å². The Balaban J connectivity index is 1.90.